The van der Waals surface area contributed by atoms with Crippen molar-refractivity contribution in [2.75, 3.05) is 6.61 Å². The van der Waals surface area contributed by atoms with Crippen molar-refractivity contribution in [2.24, 2.45) is 4.99 Å². The predicted molar refractivity (Wildman–Crippen MR) is 83.7 cm³/mol. The summed E-state index contributed by atoms with van der Waals surface area (Å²) in [6.45, 7) is 6.76. The van der Waals surface area contributed by atoms with Gasteiger partial charge in [-0.25, -0.2) is 9.79 Å². The van der Waals surface area contributed by atoms with Crippen molar-refractivity contribution >= 4 is 27.5 Å². The van der Waals surface area contributed by atoms with Gasteiger partial charge < -0.3 is 4.74 Å². The van der Waals surface area contributed by atoms with E-state index >= 15 is 0 Å². The topological polar surface area (TPSA) is 76.4 Å². The number of rotatable bonds is 3. The second kappa shape index (κ2) is 5.14. The molecule has 0 amide bonds. The van der Waals surface area contributed by atoms with E-state index in [-0.39, 0.29) is 17.3 Å². The number of nitrogens with zero attached hydrogens (tertiary/aromatic N) is 2. The highest BCUT2D eigenvalue weighted by molar-refractivity contribution is 7.20. The van der Waals surface area contributed by atoms with Gasteiger partial charge in [0.1, 0.15) is 11.4 Å². The molecule has 0 spiro atoms. The standard InChI is InChI=1S/C14H17N3O3S/c1-4-5-17-13(18)9-8(3)10(11-15-7(2)6-20-11)21-12(9)16-14(17)19/h7H,4-6H2,1-3H3,(H,16,19)/t7-/m1/s1. The molecule has 112 valence electrons. The number of nitrogens with one attached hydrogen (secondary N) is 1. The maximum atomic E-state index is 12.5. The molecule has 0 aromatic carbocycles. The van der Waals surface area contributed by atoms with Crippen LogP contribution in [0.2, 0.25) is 0 Å². The second-order valence-electron chi connectivity index (χ2n) is 5.24. The van der Waals surface area contributed by atoms with Crippen LogP contribution in [0.1, 0.15) is 30.7 Å². The third kappa shape index (κ3) is 2.21. The van der Waals surface area contributed by atoms with Crippen LogP contribution in [0.15, 0.2) is 14.6 Å². The zero-order valence-corrected chi connectivity index (χ0v) is 13.0. The molecule has 1 aliphatic rings. The van der Waals surface area contributed by atoms with Crippen LogP contribution in [0.4, 0.5) is 0 Å². The minimum atomic E-state index is -0.357. The number of hydrogen-bond donors (Lipinski definition) is 1. The van der Waals surface area contributed by atoms with Crippen LogP contribution in [-0.4, -0.2) is 28.1 Å². The highest BCUT2D eigenvalue weighted by Gasteiger charge is 2.23. The average Bonchev–Trinajstić information content (AvgIpc) is 2.99. The third-order valence-corrected chi connectivity index (χ3v) is 4.71. The minimum Gasteiger partial charge on any atom is -0.475 e. The Morgan fingerprint density at radius 1 is 1.48 bits per heavy atom. The molecule has 21 heavy (non-hydrogen) atoms. The Bertz CT molecular complexity index is 843. The van der Waals surface area contributed by atoms with Crippen molar-refractivity contribution in [3.63, 3.8) is 0 Å². The Morgan fingerprint density at radius 2 is 2.24 bits per heavy atom. The summed E-state index contributed by atoms with van der Waals surface area (Å²) >= 11 is 1.35. The van der Waals surface area contributed by atoms with Gasteiger partial charge in [-0.2, -0.15) is 0 Å². The SMILES string of the molecule is CCCn1c(=O)[nH]c2sc(C3=N[C@H](C)CO3)c(C)c2c1=O. The van der Waals surface area contributed by atoms with Crippen LogP contribution in [0.5, 0.6) is 0 Å². The van der Waals surface area contributed by atoms with E-state index in [1.165, 1.54) is 15.9 Å². The van der Waals surface area contributed by atoms with Crippen molar-refractivity contribution in [3.05, 3.63) is 31.3 Å². The van der Waals surface area contributed by atoms with Crippen LogP contribution in [-0.2, 0) is 11.3 Å². The van der Waals surface area contributed by atoms with Crippen molar-refractivity contribution in [3.8, 4) is 0 Å². The van der Waals surface area contributed by atoms with Gasteiger partial charge in [-0.15, -0.1) is 11.3 Å². The van der Waals surface area contributed by atoms with Gasteiger partial charge in [-0.1, -0.05) is 6.92 Å². The fourth-order valence-electron chi connectivity index (χ4n) is 2.48. The molecule has 1 N–H and O–H groups in total. The molecule has 0 saturated carbocycles. The number of aromatic nitrogens is 2. The molecule has 3 heterocycles. The number of aromatic amines is 1. The van der Waals surface area contributed by atoms with E-state index in [1.807, 2.05) is 20.8 Å². The van der Waals surface area contributed by atoms with Crippen LogP contribution in [0, 0.1) is 6.92 Å². The Balaban J connectivity index is 2.26. The summed E-state index contributed by atoms with van der Waals surface area (Å²) < 4.78 is 6.82. The quantitative estimate of drug-likeness (QED) is 0.936. The summed E-state index contributed by atoms with van der Waals surface area (Å²) in [5.41, 5.74) is 0.237. The van der Waals surface area contributed by atoms with Gasteiger partial charge in [0.15, 0.2) is 0 Å². The van der Waals surface area contributed by atoms with E-state index in [0.717, 1.165) is 16.9 Å². The number of aliphatic imine (C=N–C) groups is 1. The summed E-state index contributed by atoms with van der Waals surface area (Å²) in [5, 5.41) is 0.564. The summed E-state index contributed by atoms with van der Waals surface area (Å²) in [6, 6.07) is 0.125. The van der Waals surface area contributed by atoms with Gasteiger partial charge >= 0.3 is 5.69 Å². The molecule has 0 radical (unpaired) electrons. The van der Waals surface area contributed by atoms with Gasteiger partial charge in [0.2, 0.25) is 5.90 Å². The molecule has 3 rings (SSSR count). The molecule has 7 heteroatoms. The van der Waals surface area contributed by atoms with E-state index in [4.69, 9.17) is 4.74 Å². The van der Waals surface area contributed by atoms with Gasteiger partial charge in [-0.05, 0) is 25.8 Å². The molecule has 0 aliphatic carbocycles. The summed E-state index contributed by atoms with van der Waals surface area (Å²) in [6.07, 6.45) is 0.734. The van der Waals surface area contributed by atoms with E-state index in [9.17, 15) is 9.59 Å². The van der Waals surface area contributed by atoms with Crippen molar-refractivity contribution in [1.82, 2.24) is 9.55 Å². The molecule has 1 aliphatic heterocycles. The Kier molecular flexibility index (Phi) is 3.44. The molecule has 2 aromatic heterocycles. The van der Waals surface area contributed by atoms with Crippen LogP contribution < -0.4 is 11.2 Å². The fourth-order valence-corrected chi connectivity index (χ4v) is 3.62. The number of hydrogen-bond acceptors (Lipinski definition) is 5. The maximum Gasteiger partial charge on any atom is 0.329 e. The lowest BCUT2D eigenvalue weighted by Crippen LogP contribution is -2.34. The summed E-state index contributed by atoms with van der Waals surface area (Å²) in [7, 11) is 0. The lowest BCUT2D eigenvalue weighted by atomic mass is 10.2. The Morgan fingerprint density at radius 3 is 2.86 bits per heavy atom. The summed E-state index contributed by atoms with van der Waals surface area (Å²) in [5.74, 6) is 0.573. The van der Waals surface area contributed by atoms with E-state index in [2.05, 4.69) is 9.98 Å². The molecular weight excluding hydrogens is 290 g/mol. The number of fused-ring (bicyclic) bond motifs is 1. The average molecular weight is 307 g/mol. The first-order valence-corrected chi connectivity index (χ1v) is 7.81. The predicted octanol–water partition coefficient (Wildman–Crippen LogP) is 1.64. The first kappa shape index (κ1) is 14.1. The molecule has 0 saturated heterocycles. The molecule has 2 aromatic rings. The molecule has 0 bridgehead atoms. The zero-order valence-electron chi connectivity index (χ0n) is 12.2. The first-order chi connectivity index (χ1) is 10.0. The van der Waals surface area contributed by atoms with Crippen molar-refractivity contribution in [2.45, 2.75) is 39.8 Å². The molecule has 0 fully saturated rings. The Hall–Kier alpha value is -1.89. The third-order valence-electron chi connectivity index (χ3n) is 3.51. The van der Waals surface area contributed by atoms with Crippen molar-refractivity contribution in [1.29, 1.82) is 0 Å². The normalized spacial score (nSPS) is 18.0. The second-order valence-corrected chi connectivity index (χ2v) is 6.26. The molecule has 0 unspecified atom stereocenters. The fraction of sp³-hybridized carbons (Fsp3) is 0.500. The Labute approximate surface area is 125 Å². The van der Waals surface area contributed by atoms with Gasteiger partial charge in [0.25, 0.3) is 5.56 Å². The highest BCUT2D eigenvalue weighted by atomic mass is 32.1. The number of H-pyrrole nitrogens is 1. The van der Waals surface area contributed by atoms with Gasteiger partial charge in [0, 0.05) is 6.54 Å². The van der Waals surface area contributed by atoms with Crippen LogP contribution in [0.3, 0.4) is 0 Å². The van der Waals surface area contributed by atoms with Crippen LogP contribution >= 0.6 is 11.3 Å². The lowest BCUT2D eigenvalue weighted by molar-refractivity contribution is 0.324. The van der Waals surface area contributed by atoms with Gasteiger partial charge in [0.05, 0.1) is 16.3 Å². The molecule has 1 atom stereocenters. The first-order valence-electron chi connectivity index (χ1n) is 7.00. The van der Waals surface area contributed by atoms with E-state index < -0.39 is 0 Å². The summed E-state index contributed by atoms with van der Waals surface area (Å²) in [4.78, 5) is 33.2. The number of aryl methyl sites for hydroxylation is 1. The zero-order chi connectivity index (χ0) is 15.1. The van der Waals surface area contributed by atoms with Crippen molar-refractivity contribution < 1.29 is 4.74 Å². The van der Waals surface area contributed by atoms with Crippen LogP contribution in [0.25, 0.3) is 10.2 Å². The minimum absolute atomic E-state index is 0.125. The van der Waals surface area contributed by atoms with E-state index in [1.54, 1.807) is 0 Å². The molecular formula is C14H17N3O3S. The monoisotopic (exact) mass is 307 g/mol. The van der Waals surface area contributed by atoms with Gasteiger partial charge in [-0.3, -0.25) is 14.3 Å². The number of thiophene rings is 1. The maximum absolute atomic E-state index is 12.5. The largest absolute Gasteiger partial charge is 0.475 e. The highest BCUT2D eigenvalue weighted by Crippen LogP contribution is 2.28. The molecule has 6 nitrogen and oxygen atoms in total. The lowest BCUT2D eigenvalue weighted by Gasteiger charge is -2.02. The smallest absolute Gasteiger partial charge is 0.329 e. The van der Waals surface area contributed by atoms with E-state index in [0.29, 0.717) is 29.3 Å². The number of ether oxygens (including phenoxy) is 1.